The van der Waals surface area contributed by atoms with Crippen LogP contribution >= 0.6 is 39.9 Å². The lowest BCUT2D eigenvalue weighted by Crippen LogP contribution is -1.91. The van der Waals surface area contributed by atoms with Crippen LogP contribution in [0.15, 0.2) is 47.8 Å². The lowest BCUT2D eigenvalue weighted by Gasteiger charge is -2.05. The van der Waals surface area contributed by atoms with E-state index in [1.165, 1.54) is 16.7 Å². The Morgan fingerprint density at radius 2 is 1.86 bits per heavy atom. The number of hydrogen-bond donors (Lipinski definition) is 1. The molecule has 114 valence electrons. The normalized spacial score (nSPS) is 10.1. The van der Waals surface area contributed by atoms with Gasteiger partial charge in [0.1, 0.15) is 0 Å². The Labute approximate surface area is 150 Å². The van der Waals surface area contributed by atoms with Crippen molar-refractivity contribution in [1.29, 1.82) is 0 Å². The van der Waals surface area contributed by atoms with Gasteiger partial charge < -0.3 is 5.32 Å². The smallest absolute Gasteiger partial charge is 0.187 e. The SMILES string of the molecule is Br.Cc1ccc(-c2csc(Nc3ccccc3Cl)n2)c(C)c1. The Bertz CT molecular complexity index is 786. The molecule has 22 heavy (non-hydrogen) atoms. The molecule has 5 heteroatoms. The molecular formula is C17H16BrClN2S. The van der Waals surface area contributed by atoms with Crippen LogP contribution in [-0.2, 0) is 0 Å². The predicted octanol–water partition coefficient (Wildman–Crippen LogP) is 6.40. The molecule has 0 aliphatic carbocycles. The van der Waals surface area contributed by atoms with Gasteiger partial charge >= 0.3 is 0 Å². The van der Waals surface area contributed by atoms with Crippen molar-refractivity contribution in [3.63, 3.8) is 0 Å². The van der Waals surface area contributed by atoms with Crippen LogP contribution in [0.3, 0.4) is 0 Å². The van der Waals surface area contributed by atoms with Crippen LogP contribution in [0.5, 0.6) is 0 Å². The Kier molecular flexibility index (Phi) is 5.62. The first-order valence-electron chi connectivity index (χ1n) is 6.68. The quantitative estimate of drug-likeness (QED) is 0.555. The summed E-state index contributed by atoms with van der Waals surface area (Å²) < 4.78 is 0. The molecule has 0 atom stereocenters. The summed E-state index contributed by atoms with van der Waals surface area (Å²) in [6, 6.07) is 14.1. The fourth-order valence-electron chi connectivity index (χ4n) is 2.23. The van der Waals surface area contributed by atoms with Crippen molar-refractivity contribution in [2.75, 3.05) is 5.32 Å². The summed E-state index contributed by atoms with van der Waals surface area (Å²) in [7, 11) is 0. The van der Waals surface area contributed by atoms with Crippen molar-refractivity contribution in [3.05, 3.63) is 64.0 Å². The number of nitrogens with zero attached hydrogens (tertiary/aromatic N) is 1. The standard InChI is InChI=1S/C17H15ClN2S.BrH/c1-11-7-8-13(12(2)9-11)16-10-21-17(20-16)19-15-6-4-3-5-14(15)18;/h3-10H,1-2H3,(H,19,20);1H. The Morgan fingerprint density at radius 1 is 1.09 bits per heavy atom. The van der Waals surface area contributed by atoms with Crippen molar-refractivity contribution < 1.29 is 0 Å². The van der Waals surface area contributed by atoms with Crippen LogP contribution in [0, 0.1) is 13.8 Å². The average Bonchev–Trinajstić information content (AvgIpc) is 2.90. The summed E-state index contributed by atoms with van der Waals surface area (Å²) in [4.78, 5) is 4.66. The molecule has 0 bridgehead atoms. The number of halogens is 2. The number of hydrogen-bond acceptors (Lipinski definition) is 3. The average molecular weight is 396 g/mol. The number of rotatable bonds is 3. The molecule has 1 N–H and O–H groups in total. The zero-order valence-electron chi connectivity index (χ0n) is 12.3. The van der Waals surface area contributed by atoms with Crippen molar-refractivity contribution in [1.82, 2.24) is 4.98 Å². The van der Waals surface area contributed by atoms with E-state index in [0.29, 0.717) is 5.02 Å². The maximum Gasteiger partial charge on any atom is 0.187 e. The Morgan fingerprint density at radius 3 is 2.59 bits per heavy atom. The van der Waals surface area contributed by atoms with E-state index in [-0.39, 0.29) is 17.0 Å². The molecule has 0 radical (unpaired) electrons. The van der Waals surface area contributed by atoms with E-state index < -0.39 is 0 Å². The van der Waals surface area contributed by atoms with Crippen molar-refractivity contribution in [2.24, 2.45) is 0 Å². The predicted molar refractivity (Wildman–Crippen MR) is 102 cm³/mol. The molecule has 0 aliphatic rings. The topological polar surface area (TPSA) is 24.9 Å². The molecule has 1 heterocycles. The number of thiazole rings is 1. The first kappa shape index (κ1) is 17.0. The van der Waals surface area contributed by atoms with E-state index >= 15 is 0 Å². The van der Waals surface area contributed by atoms with Gasteiger partial charge in [0, 0.05) is 10.9 Å². The highest BCUT2D eigenvalue weighted by atomic mass is 79.9. The second-order valence-electron chi connectivity index (χ2n) is 4.96. The Balaban J connectivity index is 0.00000176. The number of aryl methyl sites for hydroxylation is 2. The van der Waals surface area contributed by atoms with Gasteiger partial charge in [-0.05, 0) is 31.5 Å². The minimum absolute atomic E-state index is 0. The third kappa shape index (κ3) is 3.69. The van der Waals surface area contributed by atoms with Gasteiger partial charge in [-0.2, -0.15) is 0 Å². The van der Waals surface area contributed by atoms with Crippen LogP contribution in [0.4, 0.5) is 10.8 Å². The van der Waals surface area contributed by atoms with Crippen LogP contribution in [0.25, 0.3) is 11.3 Å². The zero-order valence-corrected chi connectivity index (χ0v) is 15.5. The molecule has 3 rings (SSSR count). The lowest BCUT2D eigenvalue weighted by atomic mass is 10.0. The molecule has 3 aromatic rings. The molecular weight excluding hydrogens is 380 g/mol. The van der Waals surface area contributed by atoms with Crippen LogP contribution in [-0.4, -0.2) is 4.98 Å². The van der Waals surface area contributed by atoms with Gasteiger partial charge in [-0.25, -0.2) is 4.98 Å². The maximum atomic E-state index is 6.15. The van der Waals surface area contributed by atoms with Crippen molar-refractivity contribution >= 4 is 50.7 Å². The summed E-state index contributed by atoms with van der Waals surface area (Å²) in [5.74, 6) is 0. The minimum atomic E-state index is 0. The number of aromatic nitrogens is 1. The van der Waals surface area contributed by atoms with Crippen molar-refractivity contribution in [2.45, 2.75) is 13.8 Å². The molecule has 2 nitrogen and oxygen atoms in total. The third-order valence-electron chi connectivity index (χ3n) is 3.28. The highest BCUT2D eigenvalue weighted by Crippen LogP contribution is 2.31. The molecule has 0 amide bonds. The molecule has 0 fully saturated rings. The number of para-hydroxylation sites is 1. The fourth-order valence-corrected chi connectivity index (χ4v) is 3.14. The van der Waals surface area contributed by atoms with Crippen LogP contribution < -0.4 is 5.32 Å². The van der Waals surface area contributed by atoms with Crippen LogP contribution in [0.1, 0.15) is 11.1 Å². The summed E-state index contributed by atoms with van der Waals surface area (Å²) in [6.07, 6.45) is 0. The molecule has 2 aromatic carbocycles. The minimum Gasteiger partial charge on any atom is -0.330 e. The van der Waals surface area contributed by atoms with Gasteiger partial charge in [0.05, 0.1) is 16.4 Å². The van der Waals surface area contributed by atoms with Crippen molar-refractivity contribution in [3.8, 4) is 11.3 Å². The molecule has 0 unspecified atom stereocenters. The number of benzene rings is 2. The second kappa shape index (κ2) is 7.27. The molecule has 1 aromatic heterocycles. The van der Waals surface area contributed by atoms with Gasteiger partial charge in [0.15, 0.2) is 5.13 Å². The maximum absolute atomic E-state index is 6.15. The first-order chi connectivity index (χ1) is 10.1. The van der Waals surface area contributed by atoms with E-state index in [4.69, 9.17) is 11.6 Å². The summed E-state index contributed by atoms with van der Waals surface area (Å²) in [6.45, 7) is 4.21. The van der Waals surface area contributed by atoms with Gasteiger partial charge in [0.25, 0.3) is 0 Å². The van der Waals surface area contributed by atoms with E-state index in [2.05, 4.69) is 47.7 Å². The van der Waals surface area contributed by atoms with E-state index in [9.17, 15) is 0 Å². The first-order valence-corrected chi connectivity index (χ1v) is 7.94. The highest BCUT2D eigenvalue weighted by molar-refractivity contribution is 8.93. The number of nitrogens with one attached hydrogen (secondary N) is 1. The fraction of sp³-hybridized carbons (Fsp3) is 0.118. The van der Waals surface area contributed by atoms with E-state index in [1.807, 2.05) is 24.3 Å². The molecule has 0 spiro atoms. The lowest BCUT2D eigenvalue weighted by molar-refractivity contribution is 1.33. The summed E-state index contributed by atoms with van der Waals surface area (Å²) in [5, 5.41) is 6.88. The van der Waals surface area contributed by atoms with Gasteiger partial charge in [-0.1, -0.05) is 47.5 Å². The Hall–Kier alpha value is -1.36. The monoisotopic (exact) mass is 394 g/mol. The number of anilines is 2. The highest BCUT2D eigenvalue weighted by Gasteiger charge is 2.08. The molecule has 0 aliphatic heterocycles. The third-order valence-corrected chi connectivity index (χ3v) is 4.36. The van der Waals surface area contributed by atoms with E-state index in [1.54, 1.807) is 11.3 Å². The van der Waals surface area contributed by atoms with Gasteiger partial charge in [-0.3, -0.25) is 0 Å². The van der Waals surface area contributed by atoms with E-state index in [0.717, 1.165) is 16.5 Å². The molecule has 0 saturated heterocycles. The van der Waals surface area contributed by atoms with Gasteiger partial charge in [-0.15, -0.1) is 28.3 Å². The largest absolute Gasteiger partial charge is 0.330 e. The zero-order chi connectivity index (χ0) is 14.8. The summed E-state index contributed by atoms with van der Waals surface area (Å²) >= 11 is 7.73. The summed E-state index contributed by atoms with van der Waals surface area (Å²) in [5.41, 5.74) is 5.54. The molecule has 0 saturated carbocycles. The van der Waals surface area contributed by atoms with Crippen LogP contribution in [0.2, 0.25) is 5.02 Å². The second-order valence-corrected chi connectivity index (χ2v) is 6.23. The van der Waals surface area contributed by atoms with Gasteiger partial charge in [0.2, 0.25) is 0 Å².